The molecule has 3 heterocycles. The predicted molar refractivity (Wildman–Crippen MR) is 170 cm³/mol. The number of aromatic nitrogens is 3. The van der Waals surface area contributed by atoms with Crippen molar-refractivity contribution in [2.24, 2.45) is 7.05 Å². The second-order valence-corrected chi connectivity index (χ2v) is 13.2. The molecule has 42 heavy (non-hydrogen) atoms. The average molecular weight is 604 g/mol. The Hall–Kier alpha value is -3.50. The number of nitrogens with one attached hydrogen (secondary N) is 1. The van der Waals surface area contributed by atoms with E-state index in [9.17, 15) is 9.90 Å². The van der Waals surface area contributed by atoms with Crippen molar-refractivity contribution >= 4 is 55.2 Å². The lowest BCUT2D eigenvalue weighted by atomic mass is 9.91. The van der Waals surface area contributed by atoms with Gasteiger partial charge in [0.1, 0.15) is 0 Å². The molecule has 1 fully saturated rings. The zero-order chi connectivity index (χ0) is 29.8. The number of fused-ring (bicyclic) bond motifs is 2. The number of rotatable bonds is 6. The maximum absolute atomic E-state index is 12.6. The highest BCUT2D eigenvalue weighted by Gasteiger charge is 2.33. The molecule has 6 rings (SSSR count). The molecule has 2 aromatic heterocycles. The van der Waals surface area contributed by atoms with Crippen molar-refractivity contribution in [2.45, 2.75) is 45.4 Å². The summed E-state index contributed by atoms with van der Waals surface area (Å²) in [7, 11) is 1.95. The fourth-order valence-electron chi connectivity index (χ4n) is 5.71. The van der Waals surface area contributed by atoms with Crippen LogP contribution in [0.25, 0.3) is 32.2 Å². The van der Waals surface area contributed by atoms with Crippen LogP contribution in [0.2, 0.25) is 5.02 Å². The quantitative estimate of drug-likeness (QED) is 0.218. The van der Waals surface area contributed by atoms with E-state index < -0.39 is 17.7 Å². The van der Waals surface area contributed by atoms with Crippen LogP contribution in [0.1, 0.15) is 49.6 Å². The molecule has 2 atom stereocenters. The Morgan fingerprint density at radius 1 is 1.19 bits per heavy atom. The maximum Gasteiger partial charge on any atom is 0.337 e. The maximum atomic E-state index is 12.6. The number of aryl methyl sites for hydroxylation is 2. The van der Waals surface area contributed by atoms with Gasteiger partial charge in [0.15, 0.2) is 11.2 Å². The minimum atomic E-state index is -1.14. The van der Waals surface area contributed by atoms with Gasteiger partial charge in [-0.25, -0.2) is 9.78 Å². The molecule has 5 aromatic rings. The lowest BCUT2D eigenvalue weighted by Crippen LogP contribution is -2.45. The van der Waals surface area contributed by atoms with Crippen LogP contribution >= 0.6 is 22.9 Å². The Morgan fingerprint density at radius 2 is 1.95 bits per heavy atom. The molecule has 0 aliphatic carbocycles. The molecule has 10 heteroatoms. The Balaban J connectivity index is 1.44. The van der Waals surface area contributed by atoms with Crippen LogP contribution in [0.3, 0.4) is 0 Å². The molecule has 1 aliphatic rings. The molecule has 1 saturated heterocycles. The van der Waals surface area contributed by atoms with Crippen molar-refractivity contribution in [2.75, 3.05) is 24.5 Å². The first kappa shape index (κ1) is 28.6. The van der Waals surface area contributed by atoms with Crippen molar-refractivity contribution in [3.8, 4) is 11.1 Å². The van der Waals surface area contributed by atoms with Crippen LogP contribution in [0.4, 0.5) is 5.13 Å². The normalized spacial score (nSPS) is 16.8. The Labute approximate surface area is 253 Å². The number of carboxylic acids is 1. The number of benzene rings is 3. The highest BCUT2D eigenvalue weighted by Crippen LogP contribution is 2.44. The first-order valence-corrected chi connectivity index (χ1v) is 15.2. The molecule has 0 radical (unpaired) electrons. The van der Waals surface area contributed by atoms with E-state index >= 15 is 0 Å². The fourth-order valence-corrected chi connectivity index (χ4v) is 6.99. The smallest absolute Gasteiger partial charge is 0.337 e. The van der Waals surface area contributed by atoms with E-state index in [1.165, 1.54) is 5.56 Å². The topological polar surface area (TPSA) is 92.5 Å². The molecular formula is C32H34ClN5O3S. The van der Waals surface area contributed by atoms with Crippen LogP contribution in [0.15, 0.2) is 54.7 Å². The lowest BCUT2D eigenvalue weighted by molar-refractivity contribution is -0.160. The summed E-state index contributed by atoms with van der Waals surface area (Å²) in [6.07, 6.45) is 0.760. The Kier molecular flexibility index (Phi) is 7.47. The molecule has 0 saturated carbocycles. The third kappa shape index (κ3) is 5.49. The molecular weight excluding hydrogens is 570 g/mol. The SMILES string of the molecule is Cc1cc2nc(N3CCN[C@@H](c4ccc5c(cnn5C)c4)C3)sc2c(-c2ccc(Cl)cc2)c1[C@H](OC(C)(C)C)C(=O)O. The van der Waals surface area contributed by atoms with Gasteiger partial charge in [-0.2, -0.15) is 5.10 Å². The fraction of sp³-hybridized carbons (Fsp3) is 0.344. The number of carboxylic acid groups (broad SMARTS) is 1. The summed E-state index contributed by atoms with van der Waals surface area (Å²) < 4.78 is 8.97. The third-order valence-electron chi connectivity index (χ3n) is 7.63. The van der Waals surface area contributed by atoms with Gasteiger partial charge in [-0.1, -0.05) is 41.1 Å². The molecule has 0 spiro atoms. The highest BCUT2D eigenvalue weighted by molar-refractivity contribution is 7.22. The van der Waals surface area contributed by atoms with Crippen LogP contribution in [0, 0.1) is 6.92 Å². The minimum absolute atomic E-state index is 0.139. The number of thiazole rings is 1. The molecule has 8 nitrogen and oxygen atoms in total. The van der Waals surface area contributed by atoms with Gasteiger partial charge < -0.3 is 20.1 Å². The van der Waals surface area contributed by atoms with Gasteiger partial charge >= 0.3 is 5.97 Å². The van der Waals surface area contributed by atoms with E-state index in [0.29, 0.717) is 10.6 Å². The molecule has 3 aromatic carbocycles. The summed E-state index contributed by atoms with van der Waals surface area (Å²) in [5.41, 5.74) is 5.68. The van der Waals surface area contributed by atoms with Crippen molar-refractivity contribution < 1.29 is 14.6 Å². The number of hydrogen-bond acceptors (Lipinski definition) is 7. The summed E-state index contributed by atoms with van der Waals surface area (Å²) >= 11 is 7.84. The van der Waals surface area contributed by atoms with Gasteiger partial charge in [-0.15, -0.1) is 0 Å². The molecule has 0 bridgehead atoms. The van der Waals surface area contributed by atoms with Crippen molar-refractivity contribution in [1.29, 1.82) is 0 Å². The lowest BCUT2D eigenvalue weighted by Gasteiger charge is -2.33. The summed E-state index contributed by atoms with van der Waals surface area (Å²) in [5, 5.41) is 21.0. The van der Waals surface area contributed by atoms with Crippen LogP contribution in [0.5, 0.6) is 0 Å². The third-order valence-corrected chi connectivity index (χ3v) is 9.03. The second kappa shape index (κ2) is 11.0. The van der Waals surface area contributed by atoms with Gasteiger partial charge in [0.05, 0.1) is 27.5 Å². The number of ether oxygens (including phenoxy) is 1. The number of anilines is 1. The van der Waals surface area contributed by atoms with Crippen molar-refractivity contribution in [3.63, 3.8) is 0 Å². The molecule has 1 aliphatic heterocycles. The zero-order valence-corrected chi connectivity index (χ0v) is 25.9. The number of halogens is 1. The van der Waals surface area contributed by atoms with E-state index in [0.717, 1.165) is 62.6 Å². The zero-order valence-electron chi connectivity index (χ0n) is 24.3. The van der Waals surface area contributed by atoms with E-state index in [4.69, 9.17) is 21.3 Å². The van der Waals surface area contributed by atoms with E-state index in [-0.39, 0.29) is 6.04 Å². The number of hydrogen-bond donors (Lipinski definition) is 2. The number of carbonyl (C=O) groups is 1. The molecule has 218 valence electrons. The standard InChI is InChI=1S/C32H34ClN5O3S/c1-18-14-23-29(27(19-6-9-22(33)10-7-19)26(18)28(30(39)40)41-32(2,3)4)42-31(36-23)38-13-12-34-24(17-38)20-8-11-25-21(15-20)16-35-37(25)5/h6-11,14-16,24,28,34H,12-13,17H2,1-5H3,(H,39,40)/t24-,28+/m1/s1. The van der Waals surface area contributed by atoms with Crippen LogP contribution in [-0.4, -0.2) is 51.1 Å². The summed E-state index contributed by atoms with van der Waals surface area (Å²) in [6, 6.07) is 16.2. The first-order valence-electron chi connectivity index (χ1n) is 14.0. The Morgan fingerprint density at radius 3 is 2.67 bits per heavy atom. The summed E-state index contributed by atoms with van der Waals surface area (Å²) in [6.45, 7) is 9.95. The predicted octanol–water partition coefficient (Wildman–Crippen LogP) is 6.90. The molecule has 0 unspecified atom stereocenters. The summed E-state index contributed by atoms with van der Waals surface area (Å²) in [5.74, 6) is -1.03. The largest absolute Gasteiger partial charge is 0.479 e. The van der Waals surface area contributed by atoms with Gasteiger partial charge in [0.25, 0.3) is 0 Å². The second-order valence-electron chi connectivity index (χ2n) is 11.8. The first-order chi connectivity index (χ1) is 20.0. The number of nitrogens with zero attached hydrogens (tertiary/aromatic N) is 4. The monoisotopic (exact) mass is 603 g/mol. The van der Waals surface area contributed by atoms with Gasteiger partial charge in [-0.05, 0) is 74.7 Å². The van der Waals surface area contributed by atoms with Crippen molar-refractivity contribution in [3.05, 3.63) is 76.4 Å². The minimum Gasteiger partial charge on any atom is -0.479 e. The van der Waals surface area contributed by atoms with Gasteiger partial charge in [0.2, 0.25) is 0 Å². The average Bonchev–Trinajstić information content (AvgIpc) is 3.54. The van der Waals surface area contributed by atoms with E-state index in [1.807, 2.05) is 76.0 Å². The highest BCUT2D eigenvalue weighted by atomic mass is 35.5. The molecule has 2 N–H and O–H groups in total. The van der Waals surface area contributed by atoms with Gasteiger partial charge in [0, 0.05) is 54.3 Å². The number of piperazine rings is 1. The Bertz CT molecular complexity index is 1790. The van der Waals surface area contributed by atoms with Crippen molar-refractivity contribution in [1.82, 2.24) is 20.1 Å². The number of aliphatic carboxylic acids is 1. The van der Waals surface area contributed by atoms with Crippen LogP contribution < -0.4 is 10.2 Å². The van der Waals surface area contributed by atoms with E-state index in [1.54, 1.807) is 11.3 Å². The van der Waals surface area contributed by atoms with Crippen LogP contribution in [-0.2, 0) is 16.6 Å². The molecule has 0 amide bonds. The summed E-state index contributed by atoms with van der Waals surface area (Å²) in [4.78, 5) is 20.0. The van der Waals surface area contributed by atoms with E-state index in [2.05, 4.69) is 33.5 Å². The van der Waals surface area contributed by atoms with Gasteiger partial charge in [-0.3, -0.25) is 4.68 Å².